The number of alkyl halides is 1. The zero-order valence-corrected chi connectivity index (χ0v) is 17.4. The molecule has 2 rings (SSSR count). The molecule has 1 unspecified atom stereocenters. The first-order valence-electron chi connectivity index (χ1n) is 9.54. The monoisotopic (exact) mass is 406 g/mol. The third-order valence-electron chi connectivity index (χ3n) is 4.42. The van der Waals surface area contributed by atoms with E-state index >= 15 is 0 Å². The van der Waals surface area contributed by atoms with E-state index in [-0.39, 0.29) is 6.10 Å². The van der Waals surface area contributed by atoms with E-state index in [2.05, 4.69) is 67.0 Å². The number of halogens is 1. The number of hydrogen-bond donors (Lipinski definition) is 0. The van der Waals surface area contributed by atoms with Crippen molar-refractivity contribution in [3.8, 4) is 11.5 Å². The molecule has 0 heterocycles. The van der Waals surface area contributed by atoms with Crippen LogP contribution in [0.15, 0.2) is 30.3 Å². The van der Waals surface area contributed by atoms with Crippen LogP contribution in [-0.4, -0.2) is 18.0 Å². The van der Waals surface area contributed by atoms with E-state index in [1.54, 1.807) is 0 Å². The van der Waals surface area contributed by atoms with Gasteiger partial charge in [-0.15, -0.1) is 0 Å². The van der Waals surface area contributed by atoms with E-state index in [0.717, 1.165) is 53.5 Å². The lowest BCUT2D eigenvalue weighted by Gasteiger charge is -2.18. The summed E-state index contributed by atoms with van der Waals surface area (Å²) in [6.07, 6.45) is 7.26. The standard InChI is InChI=1S/C22H31BrO2/c1-4-5-6-7-15-24-21-12-13-22(25-18(3)9-8-14-23)20-16-17(2)10-11-19(20)21/h10-13,16,18H,4-9,14-15H2,1-3H3. The summed E-state index contributed by atoms with van der Waals surface area (Å²) in [5.41, 5.74) is 1.24. The first-order valence-corrected chi connectivity index (χ1v) is 10.7. The molecular formula is C22H31BrO2. The number of benzene rings is 2. The van der Waals surface area contributed by atoms with E-state index < -0.39 is 0 Å². The predicted molar refractivity (Wildman–Crippen MR) is 111 cm³/mol. The summed E-state index contributed by atoms with van der Waals surface area (Å²) in [6.45, 7) is 7.28. The van der Waals surface area contributed by atoms with Gasteiger partial charge in [-0.1, -0.05) is 59.8 Å². The van der Waals surface area contributed by atoms with Crippen LogP contribution in [0, 0.1) is 6.92 Å². The Labute approximate surface area is 161 Å². The quantitative estimate of drug-likeness (QED) is 0.294. The highest BCUT2D eigenvalue weighted by atomic mass is 79.9. The van der Waals surface area contributed by atoms with Gasteiger partial charge >= 0.3 is 0 Å². The van der Waals surface area contributed by atoms with Gasteiger partial charge in [0.15, 0.2) is 0 Å². The van der Waals surface area contributed by atoms with Crippen LogP contribution in [0.3, 0.4) is 0 Å². The molecule has 0 N–H and O–H groups in total. The minimum Gasteiger partial charge on any atom is -0.493 e. The highest BCUT2D eigenvalue weighted by molar-refractivity contribution is 9.09. The second-order valence-corrected chi connectivity index (χ2v) is 7.57. The molecule has 0 aliphatic carbocycles. The molecule has 0 spiro atoms. The van der Waals surface area contributed by atoms with Crippen molar-refractivity contribution in [3.05, 3.63) is 35.9 Å². The highest BCUT2D eigenvalue weighted by Crippen LogP contribution is 2.35. The highest BCUT2D eigenvalue weighted by Gasteiger charge is 2.11. The van der Waals surface area contributed by atoms with Crippen molar-refractivity contribution in [2.24, 2.45) is 0 Å². The van der Waals surface area contributed by atoms with Crippen LogP contribution < -0.4 is 9.47 Å². The molecule has 138 valence electrons. The molecule has 0 saturated carbocycles. The normalized spacial score (nSPS) is 12.3. The van der Waals surface area contributed by atoms with Crippen LogP contribution in [0.5, 0.6) is 11.5 Å². The number of hydrogen-bond acceptors (Lipinski definition) is 2. The van der Waals surface area contributed by atoms with Crippen LogP contribution in [0.1, 0.15) is 57.9 Å². The zero-order chi connectivity index (χ0) is 18.1. The van der Waals surface area contributed by atoms with Gasteiger partial charge in [0, 0.05) is 16.1 Å². The van der Waals surface area contributed by atoms with Crippen LogP contribution >= 0.6 is 15.9 Å². The van der Waals surface area contributed by atoms with Gasteiger partial charge in [0.25, 0.3) is 0 Å². The van der Waals surface area contributed by atoms with Crippen molar-refractivity contribution in [2.75, 3.05) is 11.9 Å². The Bertz CT molecular complexity index is 654. The maximum atomic E-state index is 6.22. The fraction of sp³-hybridized carbons (Fsp3) is 0.545. The maximum Gasteiger partial charge on any atom is 0.127 e. The van der Waals surface area contributed by atoms with Crippen molar-refractivity contribution in [2.45, 2.75) is 65.4 Å². The smallest absolute Gasteiger partial charge is 0.127 e. The molecule has 0 amide bonds. The number of fused-ring (bicyclic) bond motifs is 1. The number of ether oxygens (including phenoxy) is 2. The molecule has 3 heteroatoms. The Balaban J connectivity index is 2.15. The van der Waals surface area contributed by atoms with Crippen molar-refractivity contribution in [1.29, 1.82) is 0 Å². The van der Waals surface area contributed by atoms with Crippen molar-refractivity contribution in [3.63, 3.8) is 0 Å². The molecule has 0 bridgehead atoms. The first-order chi connectivity index (χ1) is 12.2. The van der Waals surface area contributed by atoms with Gasteiger partial charge in [-0.25, -0.2) is 0 Å². The molecule has 2 aromatic rings. The van der Waals surface area contributed by atoms with Crippen LogP contribution in [-0.2, 0) is 0 Å². The average Bonchev–Trinajstić information content (AvgIpc) is 2.61. The molecule has 2 aromatic carbocycles. The summed E-state index contributed by atoms with van der Waals surface area (Å²) in [6, 6.07) is 10.6. The van der Waals surface area contributed by atoms with Gasteiger partial charge in [0.2, 0.25) is 0 Å². The summed E-state index contributed by atoms with van der Waals surface area (Å²) in [5, 5.41) is 3.31. The zero-order valence-electron chi connectivity index (χ0n) is 15.8. The largest absolute Gasteiger partial charge is 0.493 e. The maximum absolute atomic E-state index is 6.22. The SMILES string of the molecule is CCCCCCOc1ccc(OC(C)CCCBr)c2cc(C)ccc12. The lowest BCUT2D eigenvalue weighted by molar-refractivity contribution is 0.213. The molecule has 0 aliphatic heterocycles. The summed E-state index contributed by atoms with van der Waals surface area (Å²) >= 11 is 3.49. The Hall–Kier alpha value is -1.22. The van der Waals surface area contributed by atoms with E-state index in [9.17, 15) is 0 Å². The van der Waals surface area contributed by atoms with Gasteiger partial charge < -0.3 is 9.47 Å². The van der Waals surface area contributed by atoms with E-state index in [0.29, 0.717) is 0 Å². The predicted octanol–water partition coefficient (Wildman–Crippen LogP) is 7.05. The Morgan fingerprint density at radius 2 is 1.76 bits per heavy atom. The average molecular weight is 407 g/mol. The van der Waals surface area contributed by atoms with Gasteiger partial charge in [-0.3, -0.25) is 0 Å². The molecule has 0 radical (unpaired) electrons. The topological polar surface area (TPSA) is 18.5 Å². The fourth-order valence-corrected chi connectivity index (χ4v) is 3.31. The fourth-order valence-electron chi connectivity index (χ4n) is 2.99. The number of rotatable bonds is 11. The van der Waals surface area contributed by atoms with Gasteiger partial charge in [-0.2, -0.15) is 0 Å². The Morgan fingerprint density at radius 1 is 0.960 bits per heavy atom. The minimum atomic E-state index is 0.210. The number of unbranched alkanes of at least 4 members (excludes halogenated alkanes) is 3. The van der Waals surface area contributed by atoms with Crippen molar-refractivity contribution in [1.82, 2.24) is 0 Å². The summed E-state index contributed by atoms with van der Waals surface area (Å²) in [7, 11) is 0. The second kappa shape index (κ2) is 10.7. The molecule has 0 aromatic heterocycles. The molecule has 1 atom stereocenters. The van der Waals surface area contributed by atoms with E-state index in [1.807, 2.05) is 0 Å². The van der Waals surface area contributed by atoms with Crippen molar-refractivity contribution < 1.29 is 9.47 Å². The molecule has 0 saturated heterocycles. The van der Waals surface area contributed by atoms with E-state index in [4.69, 9.17) is 9.47 Å². The third kappa shape index (κ3) is 6.22. The molecule has 2 nitrogen and oxygen atoms in total. The molecule has 25 heavy (non-hydrogen) atoms. The first kappa shape index (κ1) is 20.1. The summed E-state index contributed by atoms with van der Waals surface area (Å²) in [5.74, 6) is 1.92. The van der Waals surface area contributed by atoms with Gasteiger partial charge in [0.1, 0.15) is 11.5 Å². The van der Waals surface area contributed by atoms with Crippen molar-refractivity contribution >= 4 is 26.7 Å². The summed E-state index contributed by atoms with van der Waals surface area (Å²) < 4.78 is 12.3. The van der Waals surface area contributed by atoms with Crippen LogP contribution in [0.25, 0.3) is 10.8 Å². The van der Waals surface area contributed by atoms with E-state index in [1.165, 1.54) is 24.8 Å². The number of aryl methyl sites for hydroxylation is 1. The Morgan fingerprint density at radius 3 is 2.52 bits per heavy atom. The minimum absolute atomic E-state index is 0.210. The molecule has 0 fully saturated rings. The van der Waals surface area contributed by atoms with Crippen LogP contribution in [0.2, 0.25) is 0 Å². The lowest BCUT2D eigenvalue weighted by atomic mass is 10.1. The van der Waals surface area contributed by atoms with Gasteiger partial charge in [0.05, 0.1) is 12.7 Å². The second-order valence-electron chi connectivity index (χ2n) is 6.78. The molecule has 0 aliphatic rings. The lowest BCUT2D eigenvalue weighted by Crippen LogP contribution is -2.12. The van der Waals surface area contributed by atoms with Gasteiger partial charge in [-0.05, 0) is 51.3 Å². The third-order valence-corrected chi connectivity index (χ3v) is 4.98. The summed E-state index contributed by atoms with van der Waals surface area (Å²) in [4.78, 5) is 0. The Kier molecular flexibility index (Phi) is 8.60. The van der Waals surface area contributed by atoms with Crippen LogP contribution in [0.4, 0.5) is 0 Å². The molecular weight excluding hydrogens is 376 g/mol.